The smallest absolute Gasteiger partial charge is 0.148 e. The molecule has 0 spiro atoms. The maximum atomic E-state index is 4.17. The molecule has 0 bridgehead atoms. The van der Waals surface area contributed by atoms with Crippen molar-refractivity contribution in [1.82, 2.24) is 15.0 Å². The van der Waals surface area contributed by atoms with Crippen molar-refractivity contribution in [3.05, 3.63) is 41.0 Å². The molecule has 0 amide bonds. The Morgan fingerprint density at radius 1 is 1.07 bits per heavy atom. The molecule has 0 aliphatic heterocycles. The van der Waals surface area contributed by atoms with Gasteiger partial charge < -0.3 is 5.32 Å². The van der Waals surface area contributed by atoms with Crippen molar-refractivity contribution in [2.45, 2.75) is 6.92 Å². The summed E-state index contributed by atoms with van der Waals surface area (Å²) >= 11 is 3.23. The van der Waals surface area contributed by atoms with E-state index in [9.17, 15) is 0 Å². The van der Waals surface area contributed by atoms with Crippen LogP contribution in [0.1, 0.15) is 5.69 Å². The average molecular weight is 265 g/mol. The van der Waals surface area contributed by atoms with Gasteiger partial charge in [-0.05, 0) is 35.0 Å². The van der Waals surface area contributed by atoms with Crippen LogP contribution in [0.15, 0.2) is 35.3 Å². The van der Waals surface area contributed by atoms with Crippen LogP contribution in [0.25, 0.3) is 0 Å². The first-order chi connectivity index (χ1) is 7.24. The second kappa shape index (κ2) is 4.35. The number of hydrogen-bond acceptors (Lipinski definition) is 4. The van der Waals surface area contributed by atoms with Gasteiger partial charge in [0.2, 0.25) is 0 Å². The number of rotatable bonds is 2. The molecule has 1 N–H and O–H groups in total. The monoisotopic (exact) mass is 264 g/mol. The molecule has 0 aliphatic carbocycles. The predicted molar refractivity (Wildman–Crippen MR) is 62.0 cm³/mol. The van der Waals surface area contributed by atoms with E-state index in [1.807, 2.05) is 19.1 Å². The van der Waals surface area contributed by atoms with E-state index in [-0.39, 0.29) is 0 Å². The molecule has 4 nitrogen and oxygen atoms in total. The molecule has 0 saturated heterocycles. The van der Waals surface area contributed by atoms with Crippen LogP contribution in [0.2, 0.25) is 0 Å². The Kier molecular flexibility index (Phi) is 2.91. The topological polar surface area (TPSA) is 50.7 Å². The van der Waals surface area contributed by atoms with Crippen molar-refractivity contribution in [3.63, 3.8) is 0 Å². The van der Waals surface area contributed by atoms with Gasteiger partial charge in [0.05, 0.1) is 24.3 Å². The minimum atomic E-state index is 0.698. The summed E-state index contributed by atoms with van der Waals surface area (Å²) in [7, 11) is 0. The van der Waals surface area contributed by atoms with Gasteiger partial charge in [0.25, 0.3) is 0 Å². The summed E-state index contributed by atoms with van der Waals surface area (Å²) in [5, 5.41) is 3.10. The molecular weight excluding hydrogens is 256 g/mol. The van der Waals surface area contributed by atoms with Crippen LogP contribution < -0.4 is 5.32 Å². The minimum Gasteiger partial charge on any atom is -0.338 e. The Balaban J connectivity index is 2.15. The van der Waals surface area contributed by atoms with Crippen LogP contribution in [-0.4, -0.2) is 15.0 Å². The highest BCUT2D eigenvalue weighted by atomic mass is 79.9. The fourth-order valence-corrected chi connectivity index (χ4v) is 1.27. The third kappa shape index (κ3) is 2.73. The lowest BCUT2D eigenvalue weighted by Crippen LogP contribution is -1.95. The van der Waals surface area contributed by atoms with Gasteiger partial charge in [-0.1, -0.05) is 0 Å². The fraction of sp³-hybridized carbons (Fsp3) is 0.100. The maximum absolute atomic E-state index is 4.17. The largest absolute Gasteiger partial charge is 0.338 e. The number of hydrogen-bond donors (Lipinski definition) is 1. The van der Waals surface area contributed by atoms with Gasteiger partial charge in [-0.15, -0.1) is 0 Å². The van der Waals surface area contributed by atoms with E-state index in [4.69, 9.17) is 0 Å². The highest BCUT2D eigenvalue weighted by Gasteiger charge is 1.96. The van der Waals surface area contributed by atoms with Crippen molar-refractivity contribution in [3.8, 4) is 0 Å². The fourth-order valence-electron chi connectivity index (χ4n) is 1.07. The zero-order valence-corrected chi connectivity index (χ0v) is 9.69. The lowest BCUT2D eigenvalue weighted by molar-refractivity contribution is 1.15. The quantitative estimate of drug-likeness (QED) is 0.906. The van der Waals surface area contributed by atoms with Gasteiger partial charge in [0, 0.05) is 5.69 Å². The third-order valence-corrected chi connectivity index (χ3v) is 2.21. The number of nitrogens with one attached hydrogen (secondary N) is 1. The second-order valence-electron chi connectivity index (χ2n) is 3.04. The van der Waals surface area contributed by atoms with Crippen LogP contribution in [0, 0.1) is 6.92 Å². The van der Waals surface area contributed by atoms with E-state index >= 15 is 0 Å². The van der Waals surface area contributed by atoms with Crippen molar-refractivity contribution in [2.24, 2.45) is 0 Å². The van der Waals surface area contributed by atoms with Crippen LogP contribution >= 0.6 is 15.9 Å². The number of anilines is 2. The Morgan fingerprint density at radius 2 is 1.93 bits per heavy atom. The molecule has 2 rings (SSSR count). The van der Waals surface area contributed by atoms with E-state index in [0.29, 0.717) is 5.82 Å². The van der Waals surface area contributed by atoms with E-state index in [0.717, 1.165) is 16.0 Å². The first-order valence-electron chi connectivity index (χ1n) is 4.41. The van der Waals surface area contributed by atoms with E-state index < -0.39 is 0 Å². The molecule has 0 saturated carbocycles. The second-order valence-corrected chi connectivity index (χ2v) is 3.85. The predicted octanol–water partition coefficient (Wildman–Crippen LogP) is 2.69. The molecule has 76 valence electrons. The van der Waals surface area contributed by atoms with Crippen LogP contribution in [-0.2, 0) is 0 Å². The Labute approximate surface area is 95.9 Å². The number of aryl methyl sites for hydroxylation is 1. The summed E-state index contributed by atoms with van der Waals surface area (Å²) in [6, 6.07) is 3.89. The van der Waals surface area contributed by atoms with Crippen molar-refractivity contribution in [1.29, 1.82) is 0 Å². The standard InChI is InChI=1S/C10H9BrN4/c1-7-2-3-8(4-12-7)15-10-6-13-9(11)5-14-10/h2-6H,1H3,(H,14,15). The van der Waals surface area contributed by atoms with Crippen molar-refractivity contribution < 1.29 is 0 Å². The molecule has 15 heavy (non-hydrogen) atoms. The van der Waals surface area contributed by atoms with Crippen LogP contribution in [0.3, 0.4) is 0 Å². The Morgan fingerprint density at radius 3 is 2.53 bits per heavy atom. The van der Waals surface area contributed by atoms with E-state index in [1.54, 1.807) is 18.6 Å². The third-order valence-electron chi connectivity index (χ3n) is 1.80. The first kappa shape index (κ1) is 10.0. The van der Waals surface area contributed by atoms with Crippen molar-refractivity contribution >= 4 is 27.4 Å². The average Bonchev–Trinajstić information content (AvgIpc) is 2.25. The normalized spacial score (nSPS) is 10.0. The highest BCUT2D eigenvalue weighted by Crippen LogP contribution is 2.13. The molecule has 0 fully saturated rings. The molecule has 0 unspecified atom stereocenters. The van der Waals surface area contributed by atoms with Gasteiger partial charge in [0.15, 0.2) is 0 Å². The summed E-state index contributed by atoms with van der Waals surface area (Å²) < 4.78 is 0.718. The maximum Gasteiger partial charge on any atom is 0.148 e. The number of aromatic nitrogens is 3. The minimum absolute atomic E-state index is 0.698. The first-order valence-corrected chi connectivity index (χ1v) is 5.20. The van der Waals surface area contributed by atoms with Gasteiger partial charge in [-0.3, -0.25) is 4.98 Å². The molecule has 0 radical (unpaired) electrons. The van der Waals surface area contributed by atoms with E-state index in [2.05, 4.69) is 36.2 Å². The Hall–Kier alpha value is -1.49. The molecular formula is C10H9BrN4. The number of nitrogens with zero attached hydrogens (tertiary/aromatic N) is 3. The zero-order valence-electron chi connectivity index (χ0n) is 8.11. The van der Waals surface area contributed by atoms with Gasteiger partial charge >= 0.3 is 0 Å². The highest BCUT2D eigenvalue weighted by molar-refractivity contribution is 9.10. The Bertz CT molecular complexity index is 394. The summed E-state index contributed by atoms with van der Waals surface area (Å²) in [6.07, 6.45) is 5.06. The summed E-state index contributed by atoms with van der Waals surface area (Å²) in [6.45, 7) is 1.95. The summed E-state index contributed by atoms with van der Waals surface area (Å²) in [4.78, 5) is 12.4. The summed E-state index contributed by atoms with van der Waals surface area (Å²) in [5.74, 6) is 0.698. The van der Waals surface area contributed by atoms with Gasteiger partial charge in [-0.25, -0.2) is 9.97 Å². The number of pyridine rings is 1. The molecule has 0 aliphatic rings. The van der Waals surface area contributed by atoms with Crippen LogP contribution in [0.4, 0.5) is 11.5 Å². The van der Waals surface area contributed by atoms with E-state index in [1.165, 1.54) is 0 Å². The van der Waals surface area contributed by atoms with Gasteiger partial charge in [0.1, 0.15) is 10.4 Å². The summed E-state index contributed by atoms with van der Waals surface area (Å²) in [5.41, 5.74) is 1.89. The number of halogens is 1. The molecule has 0 atom stereocenters. The SMILES string of the molecule is Cc1ccc(Nc2cnc(Br)cn2)cn1. The van der Waals surface area contributed by atoms with Crippen molar-refractivity contribution in [2.75, 3.05) is 5.32 Å². The molecule has 5 heteroatoms. The molecule has 2 heterocycles. The molecule has 2 aromatic heterocycles. The molecule has 0 aromatic carbocycles. The molecule has 2 aromatic rings. The lowest BCUT2D eigenvalue weighted by atomic mass is 10.3. The van der Waals surface area contributed by atoms with Crippen LogP contribution in [0.5, 0.6) is 0 Å². The lowest BCUT2D eigenvalue weighted by Gasteiger charge is -2.04. The van der Waals surface area contributed by atoms with Gasteiger partial charge in [-0.2, -0.15) is 0 Å². The zero-order chi connectivity index (χ0) is 10.7.